The molecule has 9 heteroatoms. The van der Waals surface area contributed by atoms with Crippen molar-refractivity contribution in [2.45, 2.75) is 0 Å². The van der Waals surface area contributed by atoms with Crippen LogP contribution in [-0.2, 0) is 0 Å². The van der Waals surface area contributed by atoms with E-state index in [0.29, 0.717) is 18.0 Å². The highest BCUT2D eigenvalue weighted by molar-refractivity contribution is 7.80. The van der Waals surface area contributed by atoms with Gasteiger partial charge in [-0.15, -0.1) is 11.3 Å². The van der Waals surface area contributed by atoms with Crippen LogP contribution in [0.1, 0.15) is 9.67 Å². The van der Waals surface area contributed by atoms with E-state index in [1.165, 1.54) is 23.5 Å². The molecule has 1 heterocycles. The first-order valence-corrected chi connectivity index (χ1v) is 7.96. The third-order valence-corrected chi connectivity index (χ3v) is 3.90. The van der Waals surface area contributed by atoms with Gasteiger partial charge in [-0.3, -0.25) is 20.2 Å². The first-order chi connectivity index (χ1) is 11.1. The fourth-order valence-corrected chi connectivity index (χ4v) is 2.51. The van der Waals surface area contributed by atoms with Crippen LogP contribution in [0.25, 0.3) is 0 Å². The number of benzene rings is 1. The van der Waals surface area contributed by atoms with Crippen LogP contribution in [0.15, 0.2) is 41.8 Å². The Morgan fingerprint density at radius 3 is 2.57 bits per heavy atom. The first kappa shape index (κ1) is 16.8. The maximum absolute atomic E-state index is 11.8. The van der Waals surface area contributed by atoms with Gasteiger partial charge >= 0.3 is 0 Å². The fraction of sp³-hybridized carbons (Fsp3) is 0.143. The van der Waals surface area contributed by atoms with Gasteiger partial charge in [0, 0.05) is 30.9 Å². The van der Waals surface area contributed by atoms with E-state index in [1.807, 2.05) is 5.38 Å². The van der Waals surface area contributed by atoms with Crippen molar-refractivity contribution in [3.05, 3.63) is 56.8 Å². The van der Waals surface area contributed by atoms with E-state index < -0.39 is 4.92 Å². The van der Waals surface area contributed by atoms with Gasteiger partial charge in [0.15, 0.2) is 5.11 Å². The maximum atomic E-state index is 11.8. The lowest BCUT2D eigenvalue weighted by Crippen LogP contribution is -2.40. The second-order valence-corrected chi connectivity index (χ2v) is 5.77. The first-order valence-electron chi connectivity index (χ1n) is 6.67. The largest absolute Gasteiger partial charge is 0.383 e. The quantitative estimate of drug-likeness (QED) is 0.320. The zero-order valence-corrected chi connectivity index (χ0v) is 13.6. The van der Waals surface area contributed by atoms with Crippen LogP contribution < -0.4 is 16.0 Å². The third kappa shape index (κ3) is 5.31. The number of amides is 1. The number of hydrogen-bond donors (Lipinski definition) is 3. The predicted molar refractivity (Wildman–Crippen MR) is 94.0 cm³/mol. The molecule has 0 saturated heterocycles. The summed E-state index contributed by atoms with van der Waals surface area (Å²) in [6, 6.07) is 9.65. The standard InChI is InChI=1S/C14H14N4O3S2/c19-13(12-2-1-9-23-12)17-14(22)16-8-7-15-10-3-5-11(6-4-10)18(20)21/h1-6,9,15H,7-8H2,(H2,16,17,19,22). The molecule has 2 aromatic rings. The number of nitrogens with one attached hydrogen (secondary N) is 3. The van der Waals surface area contributed by atoms with E-state index in [4.69, 9.17) is 12.2 Å². The average Bonchev–Trinajstić information content (AvgIpc) is 3.06. The molecule has 2 rings (SSSR count). The molecule has 0 aliphatic heterocycles. The van der Waals surface area contributed by atoms with Crippen LogP contribution in [0, 0.1) is 10.1 Å². The smallest absolute Gasteiger partial charge is 0.269 e. The normalized spacial score (nSPS) is 9.91. The number of hydrogen-bond acceptors (Lipinski definition) is 6. The Morgan fingerprint density at radius 2 is 1.96 bits per heavy atom. The summed E-state index contributed by atoms with van der Waals surface area (Å²) in [5.41, 5.74) is 0.817. The minimum absolute atomic E-state index is 0.0474. The van der Waals surface area contributed by atoms with Crippen molar-refractivity contribution in [1.29, 1.82) is 0 Å². The molecule has 0 saturated carbocycles. The van der Waals surface area contributed by atoms with Crippen LogP contribution in [-0.4, -0.2) is 29.0 Å². The zero-order chi connectivity index (χ0) is 16.7. The molecule has 1 amide bonds. The molecule has 7 nitrogen and oxygen atoms in total. The topological polar surface area (TPSA) is 96.3 Å². The van der Waals surface area contributed by atoms with Crippen LogP contribution in [0.4, 0.5) is 11.4 Å². The number of nitrogens with zero attached hydrogens (tertiary/aromatic N) is 1. The SMILES string of the molecule is O=C(NC(=S)NCCNc1ccc([N+](=O)[O-])cc1)c1cccs1. The molecule has 0 aliphatic rings. The number of carbonyl (C=O) groups excluding carboxylic acids is 1. The monoisotopic (exact) mass is 350 g/mol. The van der Waals surface area contributed by atoms with Gasteiger partial charge in [0.1, 0.15) is 0 Å². The van der Waals surface area contributed by atoms with Crippen LogP contribution in [0.5, 0.6) is 0 Å². The van der Waals surface area contributed by atoms with E-state index in [1.54, 1.807) is 24.3 Å². The highest BCUT2D eigenvalue weighted by atomic mass is 32.1. The van der Waals surface area contributed by atoms with Crippen molar-refractivity contribution in [2.24, 2.45) is 0 Å². The molecule has 1 aromatic carbocycles. The van der Waals surface area contributed by atoms with E-state index >= 15 is 0 Å². The summed E-state index contributed by atoms with van der Waals surface area (Å²) in [5, 5.41) is 21.2. The number of thiophene rings is 1. The molecule has 0 bridgehead atoms. The Balaban J connectivity index is 1.67. The number of anilines is 1. The maximum Gasteiger partial charge on any atom is 0.269 e. The Bertz CT molecular complexity index is 687. The van der Waals surface area contributed by atoms with Gasteiger partial charge in [0.25, 0.3) is 11.6 Å². The van der Waals surface area contributed by atoms with Crippen molar-refractivity contribution in [3.8, 4) is 0 Å². The minimum Gasteiger partial charge on any atom is -0.383 e. The lowest BCUT2D eigenvalue weighted by Gasteiger charge is -2.10. The molecule has 23 heavy (non-hydrogen) atoms. The number of thiocarbonyl (C=S) groups is 1. The number of non-ortho nitro benzene ring substituents is 1. The van der Waals surface area contributed by atoms with Crippen LogP contribution in [0.3, 0.4) is 0 Å². The van der Waals surface area contributed by atoms with Crippen LogP contribution >= 0.6 is 23.6 Å². The summed E-state index contributed by atoms with van der Waals surface area (Å²) in [5.74, 6) is -0.235. The summed E-state index contributed by atoms with van der Waals surface area (Å²) < 4.78 is 0. The highest BCUT2D eigenvalue weighted by Gasteiger charge is 2.08. The minimum atomic E-state index is -0.444. The molecular weight excluding hydrogens is 336 g/mol. The van der Waals surface area contributed by atoms with E-state index in [2.05, 4.69) is 16.0 Å². The lowest BCUT2D eigenvalue weighted by atomic mass is 10.3. The zero-order valence-electron chi connectivity index (χ0n) is 11.9. The third-order valence-electron chi connectivity index (χ3n) is 2.79. The van der Waals surface area contributed by atoms with Gasteiger partial charge in [-0.25, -0.2) is 0 Å². The van der Waals surface area contributed by atoms with Crippen molar-refractivity contribution < 1.29 is 9.72 Å². The molecule has 120 valence electrons. The second kappa shape index (κ2) is 8.20. The van der Waals surface area contributed by atoms with Gasteiger partial charge < -0.3 is 10.6 Å². The van der Waals surface area contributed by atoms with Crippen molar-refractivity contribution in [2.75, 3.05) is 18.4 Å². The number of nitro groups is 1. The number of nitro benzene ring substituents is 1. The van der Waals surface area contributed by atoms with Gasteiger partial charge in [-0.1, -0.05) is 6.07 Å². The number of carbonyl (C=O) groups is 1. The molecule has 0 radical (unpaired) electrons. The summed E-state index contributed by atoms with van der Waals surface area (Å²) in [4.78, 5) is 22.5. The van der Waals surface area contributed by atoms with Crippen molar-refractivity contribution in [1.82, 2.24) is 10.6 Å². The molecular formula is C14H14N4O3S2. The molecule has 0 fully saturated rings. The van der Waals surface area contributed by atoms with Gasteiger partial charge in [-0.05, 0) is 35.8 Å². The summed E-state index contributed by atoms with van der Waals surface area (Å²) >= 11 is 6.38. The van der Waals surface area contributed by atoms with Crippen molar-refractivity contribution >= 4 is 45.9 Å². The fourth-order valence-electron chi connectivity index (χ4n) is 1.70. The molecule has 3 N–H and O–H groups in total. The molecule has 0 aliphatic carbocycles. The molecule has 0 spiro atoms. The van der Waals surface area contributed by atoms with E-state index in [9.17, 15) is 14.9 Å². The predicted octanol–water partition coefficient (Wildman–Crippen LogP) is 2.37. The van der Waals surface area contributed by atoms with Crippen LogP contribution in [0.2, 0.25) is 0 Å². The number of rotatable bonds is 6. The summed E-state index contributed by atoms with van der Waals surface area (Å²) in [6.07, 6.45) is 0. The van der Waals surface area contributed by atoms with E-state index in [0.717, 1.165) is 5.69 Å². The Morgan fingerprint density at radius 1 is 1.22 bits per heavy atom. The Labute approximate surface area is 141 Å². The second-order valence-electron chi connectivity index (χ2n) is 4.42. The summed E-state index contributed by atoms with van der Waals surface area (Å²) in [6.45, 7) is 1.05. The molecule has 0 unspecified atom stereocenters. The van der Waals surface area contributed by atoms with E-state index in [-0.39, 0.29) is 16.7 Å². The molecule has 1 aromatic heterocycles. The molecule has 0 atom stereocenters. The summed E-state index contributed by atoms with van der Waals surface area (Å²) in [7, 11) is 0. The average molecular weight is 350 g/mol. The van der Waals surface area contributed by atoms with Gasteiger partial charge in [0.05, 0.1) is 9.80 Å². The van der Waals surface area contributed by atoms with Crippen molar-refractivity contribution in [3.63, 3.8) is 0 Å². The Kier molecular flexibility index (Phi) is 6.01. The van der Waals surface area contributed by atoms with Gasteiger partial charge in [0.2, 0.25) is 0 Å². The highest BCUT2D eigenvalue weighted by Crippen LogP contribution is 2.14. The Hall–Kier alpha value is -2.52. The lowest BCUT2D eigenvalue weighted by molar-refractivity contribution is -0.384. The van der Waals surface area contributed by atoms with Gasteiger partial charge in [-0.2, -0.15) is 0 Å².